The molecule has 1 aliphatic heterocycles. The molecule has 0 atom stereocenters. The third kappa shape index (κ3) is 2.46. The highest BCUT2D eigenvalue weighted by Gasteiger charge is 2.38. The molecule has 1 aromatic rings. The standard InChI is InChI=1S/C12H18ClNO2S2/c1-9-7-17-10(6-13)11(9)18(15,16)14-5-4-12(2,3)8-14/h7H,4-6,8H2,1-3H3. The van der Waals surface area contributed by atoms with Crippen LogP contribution in [0.15, 0.2) is 10.3 Å². The Bertz CT molecular complexity index is 548. The monoisotopic (exact) mass is 307 g/mol. The summed E-state index contributed by atoms with van der Waals surface area (Å²) < 4.78 is 26.9. The lowest BCUT2D eigenvalue weighted by Crippen LogP contribution is -2.31. The van der Waals surface area contributed by atoms with E-state index in [9.17, 15) is 8.42 Å². The number of hydrogen-bond donors (Lipinski definition) is 0. The number of rotatable bonds is 3. The average Bonchev–Trinajstić information content (AvgIpc) is 2.81. The van der Waals surface area contributed by atoms with Gasteiger partial charge in [-0.15, -0.1) is 22.9 Å². The van der Waals surface area contributed by atoms with E-state index in [1.54, 1.807) is 4.31 Å². The van der Waals surface area contributed by atoms with E-state index in [0.717, 1.165) is 16.9 Å². The zero-order valence-corrected chi connectivity index (χ0v) is 13.3. The van der Waals surface area contributed by atoms with Gasteiger partial charge in [0.1, 0.15) is 4.90 Å². The van der Waals surface area contributed by atoms with Crippen LogP contribution < -0.4 is 0 Å². The smallest absolute Gasteiger partial charge is 0.207 e. The van der Waals surface area contributed by atoms with E-state index in [4.69, 9.17) is 11.6 Å². The molecule has 1 aliphatic rings. The maximum Gasteiger partial charge on any atom is 0.244 e. The Morgan fingerprint density at radius 2 is 2.17 bits per heavy atom. The van der Waals surface area contributed by atoms with Gasteiger partial charge in [0.05, 0.1) is 5.88 Å². The summed E-state index contributed by atoms with van der Waals surface area (Å²) >= 11 is 7.27. The van der Waals surface area contributed by atoms with Gasteiger partial charge in [0.25, 0.3) is 0 Å². The third-order valence-electron chi connectivity index (χ3n) is 3.35. The molecule has 0 radical (unpaired) electrons. The predicted octanol–water partition coefficient (Wildman–Crippen LogP) is 3.22. The first kappa shape index (κ1) is 14.3. The largest absolute Gasteiger partial charge is 0.244 e. The van der Waals surface area contributed by atoms with Gasteiger partial charge in [-0.2, -0.15) is 4.31 Å². The van der Waals surface area contributed by atoms with E-state index >= 15 is 0 Å². The van der Waals surface area contributed by atoms with E-state index in [2.05, 4.69) is 13.8 Å². The number of aryl methyl sites for hydroxylation is 1. The number of sulfonamides is 1. The summed E-state index contributed by atoms with van der Waals surface area (Å²) in [6.45, 7) is 7.23. The van der Waals surface area contributed by atoms with Gasteiger partial charge >= 0.3 is 0 Å². The third-order valence-corrected chi connectivity index (χ3v) is 7.09. The molecule has 0 aliphatic carbocycles. The van der Waals surface area contributed by atoms with Crippen molar-refractivity contribution in [1.82, 2.24) is 4.31 Å². The van der Waals surface area contributed by atoms with Crippen LogP contribution in [-0.4, -0.2) is 25.8 Å². The van der Waals surface area contributed by atoms with Gasteiger partial charge < -0.3 is 0 Å². The molecule has 1 fully saturated rings. The molecule has 0 N–H and O–H groups in total. The molecule has 0 amide bonds. The van der Waals surface area contributed by atoms with Gasteiger partial charge in [-0.05, 0) is 29.7 Å². The van der Waals surface area contributed by atoms with Gasteiger partial charge in [-0.3, -0.25) is 0 Å². The Morgan fingerprint density at radius 3 is 2.67 bits per heavy atom. The first-order chi connectivity index (χ1) is 8.28. The van der Waals surface area contributed by atoms with Crippen LogP contribution in [0.5, 0.6) is 0 Å². The summed E-state index contributed by atoms with van der Waals surface area (Å²) in [4.78, 5) is 1.18. The van der Waals surface area contributed by atoms with Crippen LogP contribution in [0.3, 0.4) is 0 Å². The lowest BCUT2D eigenvalue weighted by atomic mass is 9.93. The van der Waals surface area contributed by atoms with E-state index in [0.29, 0.717) is 18.0 Å². The quantitative estimate of drug-likeness (QED) is 0.804. The number of alkyl halides is 1. The number of hydrogen-bond acceptors (Lipinski definition) is 3. The van der Waals surface area contributed by atoms with Crippen molar-refractivity contribution in [1.29, 1.82) is 0 Å². The minimum atomic E-state index is -3.38. The Morgan fingerprint density at radius 1 is 1.50 bits per heavy atom. The van der Waals surface area contributed by atoms with Gasteiger partial charge in [-0.25, -0.2) is 8.42 Å². The molecule has 102 valence electrons. The number of halogens is 1. The van der Waals surface area contributed by atoms with Crippen LogP contribution in [0.2, 0.25) is 0 Å². The molecular formula is C12H18ClNO2S2. The van der Waals surface area contributed by atoms with Crippen LogP contribution >= 0.6 is 22.9 Å². The van der Waals surface area contributed by atoms with Crippen molar-refractivity contribution in [3.63, 3.8) is 0 Å². The zero-order valence-electron chi connectivity index (χ0n) is 10.9. The summed E-state index contributed by atoms with van der Waals surface area (Å²) in [6.07, 6.45) is 0.908. The van der Waals surface area contributed by atoms with E-state index < -0.39 is 10.0 Å². The van der Waals surface area contributed by atoms with Gasteiger partial charge in [0.15, 0.2) is 0 Å². The Balaban J connectivity index is 2.40. The summed E-state index contributed by atoms with van der Waals surface area (Å²) in [5.74, 6) is 0.254. The summed E-state index contributed by atoms with van der Waals surface area (Å²) in [5, 5.41) is 1.87. The van der Waals surface area contributed by atoms with Crippen molar-refractivity contribution in [2.24, 2.45) is 5.41 Å². The molecule has 0 saturated carbocycles. The molecule has 0 unspecified atom stereocenters. The second-order valence-corrected chi connectivity index (χ2v) is 8.66. The van der Waals surface area contributed by atoms with Crippen LogP contribution in [0.25, 0.3) is 0 Å². The molecule has 1 saturated heterocycles. The van der Waals surface area contributed by atoms with Gasteiger partial charge in [0, 0.05) is 18.0 Å². The maximum absolute atomic E-state index is 12.7. The maximum atomic E-state index is 12.7. The van der Waals surface area contributed by atoms with Crippen molar-refractivity contribution < 1.29 is 8.42 Å². The van der Waals surface area contributed by atoms with Crippen LogP contribution in [-0.2, 0) is 15.9 Å². The van der Waals surface area contributed by atoms with Crippen LogP contribution in [0, 0.1) is 12.3 Å². The normalized spacial score (nSPS) is 20.4. The van der Waals surface area contributed by atoms with Crippen molar-refractivity contribution >= 4 is 33.0 Å². The van der Waals surface area contributed by atoms with Crippen molar-refractivity contribution in [2.75, 3.05) is 13.1 Å². The first-order valence-corrected chi connectivity index (χ1v) is 8.76. The highest BCUT2D eigenvalue weighted by molar-refractivity contribution is 7.89. The second-order valence-electron chi connectivity index (χ2n) is 5.56. The van der Waals surface area contributed by atoms with Crippen molar-refractivity contribution in [3.8, 4) is 0 Å². The van der Waals surface area contributed by atoms with Crippen molar-refractivity contribution in [3.05, 3.63) is 15.8 Å². The summed E-state index contributed by atoms with van der Waals surface area (Å²) in [5.41, 5.74) is 0.873. The van der Waals surface area contributed by atoms with E-state index in [-0.39, 0.29) is 11.3 Å². The highest BCUT2D eigenvalue weighted by Crippen LogP contribution is 2.36. The van der Waals surface area contributed by atoms with Gasteiger partial charge in [-0.1, -0.05) is 13.8 Å². The molecule has 18 heavy (non-hydrogen) atoms. The molecule has 0 spiro atoms. The first-order valence-electron chi connectivity index (χ1n) is 5.91. The van der Waals surface area contributed by atoms with E-state index in [1.165, 1.54) is 11.3 Å². The van der Waals surface area contributed by atoms with Crippen molar-refractivity contribution in [2.45, 2.75) is 38.0 Å². The minimum absolute atomic E-state index is 0.0676. The fourth-order valence-electron chi connectivity index (χ4n) is 2.32. The molecular weight excluding hydrogens is 290 g/mol. The lowest BCUT2D eigenvalue weighted by molar-refractivity contribution is 0.375. The van der Waals surface area contributed by atoms with Gasteiger partial charge in [0.2, 0.25) is 10.0 Å². The Kier molecular flexibility index (Phi) is 3.80. The topological polar surface area (TPSA) is 37.4 Å². The number of nitrogens with zero attached hydrogens (tertiary/aromatic N) is 1. The average molecular weight is 308 g/mol. The Hall–Kier alpha value is -0.100. The molecule has 6 heteroatoms. The molecule has 2 heterocycles. The molecule has 3 nitrogen and oxygen atoms in total. The Labute approximate surface area is 118 Å². The molecule has 2 rings (SSSR count). The predicted molar refractivity (Wildman–Crippen MR) is 75.8 cm³/mol. The molecule has 0 aromatic carbocycles. The minimum Gasteiger partial charge on any atom is -0.207 e. The fourth-order valence-corrected chi connectivity index (χ4v) is 5.96. The molecule has 0 bridgehead atoms. The lowest BCUT2D eigenvalue weighted by Gasteiger charge is -2.20. The fraction of sp³-hybridized carbons (Fsp3) is 0.667. The highest BCUT2D eigenvalue weighted by atomic mass is 35.5. The second kappa shape index (κ2) is 4.78. The van der Waals surface area contributed by atoms with Crippen LogP contribution in [0.4, 0.5) is 0 Å². The number of thiophene rings is 1. The molecule has 1 aromatic heterocycles. The summed E-state index contributed by atoms with van der Waals surface area (Å²) in [7, 11) is -3.38. The SMILES string of the molecule is Cc1csc(CCl)c1S(=O)(=O)N1CCC(C)(C)C1. The van der Waals surface area contributed by atoms with Crippen LogP contribution in [0.1, 0.15) is 30.7 Å². The summed E-state index contributed by atoms with van der Waals surface area (Å²) in [6, 6.07) is 0. The zero-order chi connectivity index (χ0) is 13.6. The van der Waals surface area contributed by atoms with E-state index in [1.807, 2.05) is 12.3 Å².